The fraction of sp³-hybridized carbons (Fsp3) is 0.333. The minimum absolute atomic E-state index is 0.516. The molecule has 1 heterocycles. The second-order valence-electron chi connectivity index (χ2n) is 5.75. The minimum atomic E-state index is 0.516. The van der Waals surface area contributed by atoms with Gasteiger partial charge in [0.05, 0.1) is 10.0 Å². The molecule has 2 aromatic rings. The Morgan fingerprint density at radius 3 is 2.48 bits per heavy atom. The first-order valence-corrected chi connectivity index (χ1v) is 8.19. The lowest BCUT2D eigenvalue weighted by molar-refractivity contribution is 0.442. The third-order valence-electron chi connectivity index (χ3n) is 4.27. The largest absolute Gasteiger partial charge is 0.313 e. The number of nitrogens with one attached hydrogen (secondary N) is 1. The monoisotopic (exact) mass is 319 g/mol. The van der Waals surface area contributed by atoms with Crippen molar-refractivity contribution in [2.75, 3.05) is 6.54 Å². The van der Waals surface area contributed by atoms with E-state index in [4.69, 9.17) is 23.2 Å². The Labute approximate surface area is 136 Å². The Kier molecular flexibility index (Phi) is 4.84. The SMILES string of the molecule is Clc1ccc(CC2NCCC2Cc2ccccc2)cc1Cl. The van der Waals surface area contributed by atoms with E-state index in [9.17, 15) is 0 Å². The minimum Gasteiger partial charge on any atom is -0.313 e. The maximum atomic E-state index is 6.11. The molecule has 0 aromatic heterocycles. The first-order valence-electron chi connectivity index (χ1n) is 7.43. The molecule has 110 valence electrons. The number of halogens is 2. The molecular formula is C18H19Cl2N. The molecule has 0 bridgehead atoms. The smallest absolute Gasteiger partial charge is 0.0595 e. The van der Waals surface area contributed by atoms with Crippen molar-refractivity contribution in [2.24, 2.45) is 5.92 Å². The fourth-order valence-electron chi connectivity index (χ4n) is 3.14. The van der Waals surface area contributed by atoms with Gasteiger partial charge in [-0.2, -0.15) is 0 Å². The summed E-state index contributed by atoms with van der Waals surface area (Å²) in [4.78, 5) is 0. The molecule has 1 fully saturated rings. The summed E-state index contributed by atoms with van der Waals surface area (Å²) < 4.78 is 0. The molecular weight excluding hydrogens is 301 g/mol. The predicted octanol–water partition coefficient (Wildman–Crippen LogP) is 4.76. The van der Waals surface area contributed by atoms with Crippen LogP contribution in [-0.4, -0.2) is 12.6 Å². The van der Waals surface area contributed by atoms with Crippen LogP contribution in [0.3, 0.4) is 0 Å². The maximum Gasteiger partial charge on any atom is 0.0595 e. The van der Waals surface area contributed by atoms with E-state index in [0.717, 1.165) is 19.4 Å². The van der Waals surface area contributed by atoms with Crippen LogP contribution in [-0.2, 0) is 12.8 Å². The summed E-state index contributed by atoms with van der Waals surface area (Å²) in [6, 6.07) is 17.2. The van der Waals surface area contributed by atoms with Crippen LogP contribution in [0, 0.1) is 5.92 Å². The zero-order valence-electron chi connectivity index (χ0n) is 11.9. The standard InChI is InChI=1S/C18H19Cl2N/c19-16-7-6-14(11-17(16)20)12-18-15(8-9-21-18)10-13-4-2-1-3-5-13/h1-7,11,15,18,21H,8-10,12H2. The summed E-state index contributed by atoms with van der Waals surface area (Å²) in [5, 5.41) is 4.90. The Morgan fingerprint density at radius 2 is 1.71 bits per heavy atom. The highest BCUT2D eigenvalue weighted by Crippen LogP contribution is 2.27. The van der Waals surface area contributed by atoms with Crippen molar-refractivity contribution in [3.05, 3.63) is 69.7 Å². The molecule has 2 unspecified atom stereocenters. The second-order valence-corrected chi connectivity index (χ2v) is 6.57. The molecule has 21 heavy (non-hydrogen) atoms. The van der Waals surface area contributed by atoms with Gasteiger partial charge in [-0.25, -0.2) is 0 Å². The highest BCUT2D eigenvalue weighted by molar-refractivity contribution is 6.42. The van der Waals surface area contributed by atoms with Crippen LogP contribution in [0.15, 0.2) is 48.5 Å². The molecule has 1 N–H and O–H groups in total. The molecule has 2 aromatic carbocycles. The quantitative estimate of drug-likeness (QED) is 0.857. The second kappa shape index (κ2) is 6.83. The van der Waals surface area contributed by atoms with E-state index >= 15 is 0 Å². The molecule has 3 rings (SSSR count). The van der Waals surface area contributed by atoms with Gasteiger partial charge in [-0.1, -0.05) is 59.6 Å². The summed E-state index contributed by atoms with van der Waals surface area (Å²) in [5.41, 5.74) is 2.67. The van der Waals surface area contributed by atoms with Crippen LogP contribution in [0.1, 0.15) is 17.5 Å². The Morgan fingerprint density at radius 1 is 0.905 bits per heavy atom. The molecule has 1 saturated heterocycles. The molecule has 3 heteroatoms. The molecule has 1 nitrogen and oxygen atoms in total. The van der Waals surface area contributed by atoms with Gasteiger partial charge >= 0.3 is 0 Å². The summed E-state index contributed by atoms with van der Waals surface area (Å²) >= 11 is 12.1. The van der Waals surface area contributed by atoms with Crippen molar-refractivity contribution < 1.29 is 0 Å². The van der Waals surface area contributed by atoms with Gasteiger partial charge in [-0.3, -0.25) is 0 Å². The van der Waals surface area contributed by atoms with E-state index in [1.165, 1.54) is 17.5 Å². The molecule has 2 atom stereocenters. The van der Waals surface area contributed by atoms with Gasteiger partial charge in [0.2, 0.25) is 0 Å². The van der Waals surface area contributed by atoms with Gasteiger partial charge < -0.3 is 5.32 Å². The Balaban J connectivity index is 1.68. The third kappa shape index (κ3) is 3.79. The number of rotatable bonds is 4. The van der Waals surface area contributed by atoms with Crippen LogP contribution in [0.4, 0.5) is 0 Å². The summed E-state index contributed by atoms with van der Waals surface area (Å²) in [6.45, 7) is 1.10. The van der Waals surface area contributed by atoms with Gasteiger partial charge in [0.25, 0.3) is 0 Å². The lowest BCUT2D eigenvalue weighted by Crippen LogP contribution is -2.30. The van der Waals surface area contributed by atoms with Crippen LogP contribution in [0.25, 0.3) is 0 Å². The molecule has 0 spiro atoms. The molecule has 0 saturated carbocycles. The van der Waals surface area contributed by atoms with E-state index in [1.807, 2.05) is 12.1 Å². The highest BCUT2D eigenvalue weighted by Gasteiger charge is 2.27. The van der Waals surface area contributed by atoms with E-state index in [1.54, 1.807) is 0 Å². The van der Waals surface area contributed by atoms with E-state index in [-0.39, 0.29) is 0 Å². The lowest BCUT2D eigenvalue weighted by atomic mass is 9.89. The van der Waals surface area contributed by atoms with Crippen molar-refractivity contribution >= 4 is 23.2 Å². The average molecular weight is 320 g/mol. The number of hydrogen-bond acceptors (Lipinski definition) is 1. The van der Waals surface area contributed by atoms with E-state index < -0.39 is 0 Å². The van der Waals surface area contributed by atoms with Crippen LogP contribution >= 0.6 is 23.2 Å². The van der Waals surface area contributed by atoms with Gasteiger partial charge in [0, 0.05) is 6.04 Å². The predicted molar refractivity (Wildman–Crippen MR) is 90.2 cm³/mol. The summed E-state index contributed by atoms with van der Waals surface area (Å²) in [7, 11) is 0. The van der Waals surface area contributed by atoms with E-state index in [2.05, 4.69) is 41.7 Å². The van der Waals surface area contributed by atoms with Crippen LogP contribution in [0.5, 0.6) is 0 Å². The van der Waals surface area contributed by atoms with Crippen molar-refractivity contribution in [3.8, 4) is 0 Å². The van der Waals surface area contributed by atoms with Crippen LogP contribution < -0.4 is 5.32 Å². The number of benzene rings is 2. The molecule has 0 amide bonds. The maximum absolute atomic E-state index is 6.11. The van der Waals surface area contributed by atoms with E-state index in [0.29, 0.717) is 22.0 Å². The third-order valence-corrected chi connectivity index (χ3v) is 5.01. The normalized spacial score (nSPS) is 21.6. The first kappa shape index (κ1) is 14.9. The topological polar surface area (TPSA) is 12.0 Å². The zero-order chi connectivity index (χ0) is 14.7. The van der Waals surface area contributed by atoms with Crippen molar-refractivity contribution in [3.63, 3.8) is 0 Å². The zero-order valence-corrected chi connectivity index (χ0v) is 13.4. The summed E-state index contributed by atoms with van der Waals surface area (Å²) in [5.74, 6) is 0.682. The van der Waals surface area contributed by atoms with Gasteiger partial charge in [-0.05, 0) is 55.0 Å². The van der Waals surface area contributed by atoms with Gasteiger partial charge in [0.1, 0.15) is 0 Å². The molecule has 1 aliphatic heterocycles. The molecule has 0 aliphatic carbocycles. The average Bonchev–Trinajstić information content (AvgIpc) is 2.91. The highest BCUT2D eigenvalue weighted by atomic mass is 35.5. The van der Waals surface area contributed by atoms with Crippen molar-refractivity contribution in [1.82, 2.24) is 5.32 Å². The number of hydrogen-bond donors (Lipinski definition) is 1. The molecule has 1 aliphatic rings. The molecule has 0 radical (unpaired) electrons. The van der Waals surface area contributed by atoms with Gasteiger partial charge in [0.15, 0.2) is 0 Å². The Hall–Kier alpha value is -1.02. The Bertz CT molecular complexity index is 597. The first-order chi connectivity index (χ1) is 10.2. The summed E-state index contributed by atoms with van der Waals surface area (Å²) in [6.07, 6.45) is 3.38. The fourth-order valence-corrected chi connectivity index (χ4v) is 3.46. The lowest BCUT2D eigenvalue weighted by Gasteiger charge is -2.20. The van der Waals surface area contributed by atoms with Crippen molar-refractivity contribution in [2.45, 2.75) is 25.3 Å². The van der Waals surface area contributed by atoms with Crippen LogP contribution in [0.2, 0.25) is 10.0 Å². The van der Waals surface area contributed by atoms with Crippen molar-refractivity contribution in [1.29, 1.82) is 0 Å². The van der Waals surface area contributed by atoms with Gasteiger partial charge in [-0.15, -0.1) is 0 Å².